The molecular weight excluding hydrogens is 360 g/mol. The number of thiophene rings is 1. The van der Waals surface area contributed by atoms with Crippen LogP contribution in [0.5, 0.6) is 0 Å². The minimum Gasteiger partial charge on any atom is -0.326 e. The van der Waals surface area contributed by atoms with Crippen LogP contribution in [0.25, 0.3) is 0 Å². The van der Waals surface area contributed by atoms with Gasteiger partial charge in [0.1, 0.15) is 4.90 Å². The van der Waals surface area contributed by atoms with Gasteiger partial charge in [0.05, 0.1) is 3.79 Å². The summed E-state index contributed by atoms with van der Waals surface area (Å²) >= 11 is 4.66. The van der Waals surface area contributed by atoms with Crippen LogP contribution >= 0.6 is 27.3 Å². The highest BCUT2D eigenvalue weighted by Gasteiger charge is 2.25. The zero-order chi connectivity index (χ0) is 14.8. The quantitative estimate of drug-likeness (QED) is 0.874. The first kappa shape index (κ1) is 15.7. The van der Waals surface area contributed by atoms with Crippen molar-refractivity contribution < 1.29 is 8.42 Å². The number of nitrogens with two attached hydrogens (primary N) is 1. The average molecular weight is 375 g/mol. The highest BCUT2D eigenvalue weighted by atomic mass is 79.9. The molecule has 20 heavy (non-hydrogen) atoms. The predicted molar refractivity (Wildman–Crippen MR) is 85.0 cm³/mol. The van der Waals surface area contributed by atoms with E-state index in [1.165, 1.54) is 15.6 Å². The molecule has 0 saturated heterocycles. The van der Waals surface area contributed by atoms with Gasteiger partial charge in [-0.25, -0.2) is 8.42 Å². The van der Waals surface area contributed by atoms with Crippen LogP contribution in [0.2, 0.25) is 0 Å². The molecule has 2 aromatic rings. The van der Waals surface area contributed by atoms with E-state index >= 15 is 0 Å². The molecule has 4 nitrogen and oxygen atoms in total. The number of sulfonamides is 1. The molecule has 0 fully saturated rings. The first-order valence-corrected chi connectivity index (χ1v) is 8.98. The Morgan fingerprint density at radius 2 is 1.95 bits per heavy atom. The molecule has 0 unspecified atom stereocenters. The van der Waals surface area contributed by atoms with Gasteiger partial charge in [0.15, 0.2) is 0 Å². The molecule has 0 aliphatic rings. The van der Waals surface area contributed by atoms with Gasteiger partial charge >= 0.3 is 0 Å². The van der Waals surface area contributed by atoms with Gasteiger partial charge in [0.2, 0.25) is 10.0 Å². The molecule has 1 heterocycles. The summed E-state index contributed by atoms with van der Waals surface area (Å²) in [6, 6.07) is 11.1. The van der Waals surface area contributed by atoms with Crippen molar-refractivity contribution in [1.82, 2.24) is 4.31 Å². The molecule has 0 radical (unpaired) electrons. The van der Waals surface area contributed by atoms with Crippen LogP contribution in [-0.4, -0.2) is 19.8 Å². The van der Waals surface area contributed by atoms with Crippen molar-refractivity contribution in [1.29, 1.82) is 0 Å². The summed E-state index contributed by atoms with van der Waals surface area (Å²) in [7, 11) is -1.94. The van der Waals surface area contributed by atoms with Gasteiger partial charge in [0, 0.05) is 25.0 Å². The van der Waals surface area contributed by atoms with Crippen LogP contribution in [0.4, 0.5) is 0 Å². The number of benzene rings is 1. The van der Waals surface area contributed by atoms with E-state index in [-0.39, 0.29) is 4.90 Å². The van der Waals surface area contributed by atoms with Crippen molar-refractivity contribution in [2.45, 2.75) is 18.0 Å². The Labute approximate surface area is 131 Å². The summed E-state index contributed by atoms with van der Waals surface area (Å²) < 4.78 is 27.0. The molecule has 0 bridgehead atoms. The molecule has 1 aromatic carbocycles. The molecule has 0 aliphatic carbocycles. The Morgan fingerprint density at radius 3 is 2.50 bits per heavy atom. The van der Waals surface area contributed by atoms with Crippen LogP contribution in [0, 0.1) is 0 Å². The third-order valence-corrected chi connectivity index (χ3v) is 6.92. The normalized spacial score (nSPS) is 12.0. The van der Waals surface area contributed by atoms with Crippen LogP contribution in [0.15, 0.2) is 45.1 Å². The topological polar surface area (TPSA) is 63.4 Å². The summed E-state index contributed by atoms with van der Waals surface area (Å²) in [5.74, 6) is 0. The first-order chi connectivity index (χ1) is 9.45. The van der Waals surface area contributed by atoms with E-state index in [2.05, 4.69) is 15.9 Å². The number of rotatable bonds is 5. The highest BCUT2D eigenvalue weighted by Crippen LogP contribution is 2.33. The van der Waals surface area contributed by atoms with Gasteiger partial charge in [-0.15, -0.1) is 11.3 Å². The SMILES string of the molecule is CN(Cc1ccccc1)S(=O)(=O)c1cc(CN)sc1Br. The van der Waals surface area contributed by atoms with E-state index in [4.69, 9.17) is 5.73 Å². The predicted octanol–water partition coefficient (Wildman–Crippen LogP) is 2.79. The number of hydrogen-bond donors (Lipinski definition) is 1. The van der Waals surface area contributed by atoms with Crippen molar-refractivity contribution in [3.05, 3.63) is 50.6 Å². The van der Waals surface area contributed by atoms with E-state index in [1.54, 1.807) is 13.1 Å². The van der Waals surface area contributed by atoms with Gasteiger partial charge in [-0.05, 0) is 27.6 Å². The van der Waals surface area contributed by atoms with Crippen molar-refractivity contribution >= 4 is 37.3 Å². The number of halogens is 1. The number of hydrogen-bond acceptors (Lipinski definition) is 4. The molecule has 0 aliphatic heterocycles. The summed E-state index contributed by atoms with van der Waals surface area (Å²) in [6.45, 7) is 0.671. The smallest absolute Gasteiger partial charge is 0.245 e. The zero-order valence-corrected chi connectivity index (χ0v) is 14.1. The highest BCUT2D eigenvalue weighted by molar-refractivity contribution is 9.11. The lowest BCUT2D eigenvalue weighted by molar-refractivity contribution is 0.466. The standard InChI is InChI=1S/C13H15BrN2O2S2/c1-16(9-10-5-3-2-4-6-10)20(17,18)12-7-11(8-15)19-13(12)14/h2-7H,8-9,15H2,1H3. The summed E-state index contributed by atoms with van der Waals surface area (Å²) in [5, 5.41) is 0. The monoisotopic (exact) mass is 374 g/mol. The maximum Gasteiger partial charge on any atom is 0.245 e. The Balaban J connectivity index is 2.27. The van der Waals surface area contributed by atoms with Gasteiger partial charge in [-0.2, -0.15) is 4.31 Å². The van der Waals surface area contributed by atoms with Crippen LogP contribution < -0.4 is 5.73 Å². The third kappa shape index (κ3) is 3.29. The average Bonchev–Trinajstić information content (AvgIpc) is 2.82. The summed E-state index contributed by atoms with van der Waals surface area (Å²) in [4.78, 5) is 1.12. The molecule has 1 aromatic heterocycles. The van der Waals surface area contributed by atoms with Crippen LogP contribution in [-0.2, 0) is 23.1 Å². The van der Waals surface area contributed by atoms with Crippen molar-refractivity contribution in [3.63, 3.8) is 0 Å². The largest absolute Gasteiger partial charge is 0.326 e. The van der Waals surface area contributed by atoms with E-state index in [0.717, 1.165) is 10.4 Å². The van der Waals surface area contributed by atoms with E-state index in [1.807, 2.05) is 30.3 Å². The van der Waals surface area contributed by atoms with Gasteiger partial charge in [-0.1, -0.05) is 30.3 Å². The summed E-state index contributed by atoms with van der Waals surface area (Å²) in [5.41, 5.74) is 6.50. The minimum atomic E-state index is -3.52. The molecule has 7 heteroatoms. The minimum absolute atomic E-state index is 0.279. The van der Waals surface area contributed by atoms with Crippen molar-refractivity contribution in [2.24, 2.45) is 5.73 Å². The van der Waals surface area contributed by atoms with Crippen LogP contribution in [0.3, 0.4) is 0 Å². The fourth-order valence-electron chi connectivity index (χ4n) is 1.77. The van der Waals surface area contributed by atoms with Crippen LogP contribution in [0.1, 0.15) is 10.4 Å². The van der Waals surface area contributed by atoms with E-state index < -0.39 is 10.0 Å². The maximum absolute atomic E-state index is 12.5. The fraction of sp³-hybridized carbons (Fsp3) is 0.231. The molecule has 2 rings (SSSR count). The molecule has 0 saturated carbocycles. The Bertz CT molecular complexity index is 684. The zero-order valence-electron chi connectivity index (χ0n) is 10.9. The van der Waals surface area contributed by atoms with Crippen molar-refractivity contribution in [2.75, 3.05) is 7.05 Å². The molecule has 0 atom stereocenters. The second kappa shape index (κ2) is 6.36. The van der Waals surface area contributed by atoms with E-state index in [9.17, 15) is 8.42 Å². The molecular formula is C13H15BrN2O2S2. The van der Waals surface area contributed by atoms with E-state index in [0.29, 0.717) is 16.9 Å². The number of nitrogens with zero attached hydrogens (tertiary/aromatic N) is 1. The summed E-state index contributed by atoms with van der Waals surface area (Å²) in [6.07, 6.45) is 0. The lowest BCUT2D eigenvalue weighted by Gasteiger charge is -2.16. The molecule has 108 valence electrons. The Hall–Kier alpha value is -0.730. The van der Waals surface area contributed by atoms with Crippen molar-refractivity contribution in [3.8, 4) is 0 Å². The Morgan fingerprint density at radius 1 is 1.30 bits per heavy atom. The third-order valence-electron chi connectivity index (χ3n) is 2.84. The van der Waals surface area contributed by atoms with Gasteiger partial charge < -0.3 is 5.73 Å². The Kier molecular flexibility index (Phi) is 4.98. The van der Waals surface area contributed by atoms with Gasteiger partial charge in [0.25, 0.3) is 0 Å². The molecule has 0 amide bonds. The maximum atomic E-state index is 12.5. The lowest BCUT2D eigenvalue weighted by atomic mass is 10.2. The molecule has 2 N–H and O–H groups in total. The fourth-order valence-corrected chi connectivity index (χ4v) is 5.43. The molecule has 0 spiro atoms. The lowest BCUT2D eigenvalue weighted by Crippen LogP contribution is -2.26. The van der Waals surface area contributed by atoms with Gasteiger partial charge in [-0.3, -0.25) is 0 Å². The second-order valence-electron chi connectivity index (χ2n) is 4.30. The first-order valence-electron chi connectivity index (χ1n) is 5.93. The second-order valence-corrected chi connectivity index (χ2v) is 8.77.